The Bertz CT molecular complexity index is 927. The van der Waals surface area contributed by atoms with Crippen LogP contribution in [0.2, 0.25) is 5.02 Å². The van der Waals surface area contributed by atoms with Crippen molar-refractivity contribution in [2.45, 2.75) is 13.0 Å². The minimum atomic E-state index is -0.259. The highest BCUT2D eigenvalue weighted by atomic mass is 35.5. The van der Waals surface area contributed by atoms with E-state index in [1.54, 1.807) is 23.1 Å². The van der Waals surface area contributed by atoms with Crippen LogP contribution in [0.3, 0.4) is 0 Å². The Labute approximate surface area is 161 Å². The fourth-order valence-corrected chi connectivity index (χ4v) is 2.96. The molecule has 1 heterocycles. The maximum Gasteiger partial charge on any atom is 0.251 e. The van der Waals surface area contributed by atoms with Gasteiger partial charge in [0.25, 0.3) is 5.91 Å². The standard InChI is InChI=1S/C19H19ClN4O3/c1-12(13-4-6-15(7-5-13)24-11-21-10-22-24)23-19(25)14-8-16(20)18(27-3)17(9-14)26-2/h4-12H,1-3H3,(H,23,25)/t12-/m1/s1. The van der Waals surface area contributed by atoms with Gasteiger partial charge in [0.1, 0.15) is 12.7 Å². The van der Waals surface area contributed by atoms with Gasteiger partial charge in [0, 0.05) is 5.56 Å². The molecule has 140 valence electrons. The van der Waals surface area contributed by atoms with Gasteiger partial charge < -0.3 is 14.8 Å². The van der Waals surface area contributed by atoms with Gasteiger partial charge in [-0.05, 0) is 36.8 Å². The third-order valence-corrected chi connectivity index (χ3v) is 4.40. The van der Waals surface area contributed by atoms with Crippen LogP contribution in [0.4, 0.5) is 0 Å². The Morgan fingerprint density at radius 2 is 1.93 bits per heavy atom. The highest BCUT2D eigenvalue weighted by molar-refractivity contribution is 6.32. The summed E-state index contributed by atoms with van der Waals surface area (Å²) in [7, 11) is 2.99. The van der Waals surface area contributed by atoms with Crippen molar-refractivity contribution in [3.8, 4) is 17.2 Å². The van der Waals surface area contributed by atoms with Gasteiger partial charge in [-0.1, -0.05) is 23.7 Å². The number of carbonyl (C=O) groups is 1. The summed E-state index contributed by atoms with van der Waals surface area (Å²) in [6, 6.07) is 10.7. The second kappa shape index (κ2) is 8.09. The van der Waals surface area contributed by atoms with E-state index in [2.05, 4.69) is 15.4 Å². The number of hydrogen-bond donors (Lipinski definition) is 1. The number of hydrogen-bond acceptors (Lipinski definition) is 5. The Morgan fingerprint density at radius 1 is 1.19 bits per heavy atom. The predicted molar refractivity (Wildman–Crippen MR) is 102 cm³/mol. The molecule has 3 rings (SSSR count). The summed E-state index contributed by atoms with van der Waals surface area (Å²) in [5.74, 6) is 0.540. The van der Waals surface area contributed by atoms with Crippen LogP contribution >= 0.6 is 11.6 Å². The second-order valence-electron chi connectivity index (χ2n) is 5.82. The molecule has 0 saturated heterocycles. The predicted octanol–water partition coefficient (Wildman–Crippen LogP) is 3.43. The lowest BCUT2D eigenvalue weighted by atomic mass is 10.1. The van der Waals surface area contributed by atoms with Crippen molar-refractivity contribution >= 4 is 17.5 Å². The molecule has 0 aliphatic heterocycles. The van der Waals surface area contributed by atoms with Crippen LogP contribution in [0.15, 0.2) is 49.1 Å². The van der Waals surface area contributed by atoms with Crippen molar-refractivity contribution in [2.75, 3.05) is 14.2 Å². The summed E-state index contributed by atoms with van der Waals surface area (Å²) in [4.78, 5) is 16.5. The van der Waals surface area contributed by atoms with Crippen LogP contribution in [0.5, 0.6) is 11.5 Å². The second-order valence-corrected chi connectivity index (χ2v) is 6.23. The van der Waals surface area contributed by atoms with E-state index in [9.17, 15) is 4.79 Å². The van der Waals surface area contributed by atoms with E-state index in [0.717, 1.165) is 11.3 Å². The van der Waals surface area contributed by atoms with Crippen LogP contribution in [0.1, 0.15) is 28.9 Å². The molecule has 1 atom stereocenters. The van der Waals surface area contributed by atoms with Crippen LogP contribution < -0.4 is 14.8 Å². The van der Waals surface area contributed by atoms with E-state index in [0.29, 0.717) is 22.1 Å². The number of methoxy groups -OCH3 is 2. The summed E-state index contributed by atoms with van der Waals surface area (Å²) >= 11 is 6.18. The first-order valence-corrected chi connectivity index (χ1v) is 8.58. The highest BCUT2D eigenvalue weighted by Crippen LogP contribution is 2.36. The smallest absolute Gasteiger partial charge is 0.251 e. The molecule has 7 nitrogen and oxygen atoms in total. The largest absolute Gasteiger partial charge is 0.493 e. The molecule has 0 aliphatic carbocycles. The summed E-state index contributed by atoms with van der Waals surface area (Å²) in [6.07, 6.45) is 3.10. The number of halogens is 1. The third kappa shape index (κ3) is 4.03. The molecular formula is C19H19ClN4O3. The summed E-state index contributed by atoms with van der Waals surface area (Å²) in [5, 5.41) is 7.35. The average Bonchev–Trinajstić information content (AvgIpc) is 3.22. The number of nitrogens with zero attached hydrogens (tertiary/aromatic N) is 3. The van der Waals surface area contributed by atoms with Crippen molar-refractivity contribution in [1.82, 2.24) is 20.1 Å². The Kier molecular flexibility index (Phi) is 5.61. The van der Waals surface area contributed by atoms with Gasteiger partial charge in [0.05, 0.1) is 31.0 Å². The molecule has 0 aliphatic rings. The number of carbonyl (C=O) groups excluding carboxylic acids is 1. The molecule has 1 aromatic heterocycles. The van der Waals surface area contributed by atoms with Gasteiger partial charge in [-0.15, -0.1) is 0 Å². The van der Waals surface area contributed by atoms with Gasteiger partial charge in [0.2, 0.25) is 0 Å². The number of amides is 1. The van der Waals surface area contributed by atoms with Gasteiger partial charge in [0.15, 0.2) is 11.5 Å². The van der Waals surface area contributed by atoms with Crippen LogP contribution in [-0.4, -0.2) is 34.9 Å². The zero-order valence-corrected chi connectivity index (χ0v) is 15.9. The van der Waals surface area contributed by atoms with Crippen LogP contribution in [0, 0.1) is 0 Å². The third-order valence-electron chi connectivity index (χ3n) is 4.12. The Morgan fingerprint density at radius 3 is 2.52 bits per heavy atom. The van der Waals surface area contributed by atoms with E-state index in [1.165, 1.54) is 20.5 Å². The lowest BCUT2D eigenvalue weighted by Crippen LogP contribution is -2.26. The van der Waals surface area contributed by atoms with Crippen LogP contribution in [0.25, 0.3) is 5.69 Å². The molecule has 0 bridgehead atoms. The summed E-state index contributed by atoms with van der Waals surface area (Å²) in [5.41, 5.74) is 2.24. The van der Waals surface area contributed by atoms with E-state index >= 15 is 0 Å². The van der Waals surface area contributed by atoms with Crippen LogP contribution in [-0.2, 0) is 0 Å². The van der Waals surface area contributed by atoms with Crippen molar-refractivity contribution in [3.05, 3.63) is 65.2 Å². The first-order valence-electron chi connectivity index (χ1n) is 8.21. The number of benzene rings is 2. The fraction of sp³-hybridized carbons (Fsp3) is 0.211. The molecule has 1 amide bonds. The maximum atomic E-state index is 12.6. The molecular weight excluding hydrogens is 368 g/mol. The topological polar surface area (TPSA) is 78.3 Å². The maximum absolute atomic E-state index is 12.6. The van der Waals surface area contributed by atoms with E-state index < -0.39 is 0 Å². The fourth-order valence-electron chi connectivity index (χ4n) is 2.67. The Hall–Kier alpha value is -3.06. The highest BCUT2D eigenvalue weighted by Gasteiger charge is 2.17. The lowest BCUT2D eigenvalue weighted by molar-refractivity contribution is 0.0939. The number of rotatable bonds is 6. The lowest BCUT2D eigenvalue weighted by Gasteiger charge is -2.16. The molecule has 0 saturated carbocycles. The molecule has 2 aromatic carbocycles. The summed E-state index contributed by atoms with van der Waals surface area (Å²) in [6.45, 7) is 1.91. The first kappa shape index (κ1) is 18.7. The number of ether oxygens (including phenoxy) is 2. The minimum absolute atomic E-state index is 0.200. The summed E-state index contributed by atoms with van der Waals surface area (Å²) < 4.78 is 12.1. The molecule has 0 unspecified atom stereocenters. The molecule has 0 fully saturated rings. The van der Waals surface area contributed by atoms with Crippen molar-refractivity contribution in [2.24, 2.45) is 0 Å². The van der Waals surface area contributed by atoms with E-state index in [1.807, 2.05) is 31.2 Å². The van der Waals surface area contributed by atoms with Gasteiger partial charge in [-0.25, -0.2) is 9.67 Å². The normalized spacial score (nSPS) is 11.7. The van der Waals surface area contributed by atoms with Crippen molar-refractivity contribution in [3.63, 3.8) is 0 Å². The Balaban J connectivity index is 1.75. The van der Waals surface area contributed by atoms with E-state index in [4.69, 9.17) is 21.1 Å². The number of aromatic nitrogens is 3. The van der Waals surface area contributed by atoms with Crippen molar-refractivity contribution < 1.29 is 14.3 Å². The zero-order valence-electron chi connectivity index (χ0n) is 15.1. The molecule has 1 N–H and O–H groups in total. The quantitative estimate of drug-likeness (QED) is 0.702. The average molecular weight is 387 g/mol. The van der Waals surface area contributed by atoms with Gasteiger partial charge >= 0.3 is 0 Å². The van der Waals surface area contributed by atoms with E-state index in [-0.39, 0.29) is 11.9 Å². The minimum Gasteiger partial charge on any atom is -0.493 e. The zero-order chi connectivity index (χ0) is 19.4. The molecule has 3 aromatic rings. The molecule has 0 spiro atoms. The molecule has 0 radical (unpaired) electrons. The monoisotopic (exact) mass is 386 g/mol. The number of nitrogens with one attached hydrogen (secondary N) is 1. The first-order chi connectivity index (χ1) is 13.0. The van der Waals surface area contributed by atoms with Gasteiger partial charge in [-0.3, -0.25) is 4.79 Å². The van der Waals surface area contributed by atoms with Crippen molar-refractivity contribution in [1.29, 1.82) is 0 Å². The molecule has 8 heteroatoms. The van der Waals surface area contributed by atoms with Gasteiger partial charge in [-0.2, -0.15) is 5.10 Å². The molecule has 27 heavy (non-hydrogen) atoms. The SMILES string of the molecule is COc1cc(C(=O)N[C@H](C)c2ccc(-n3cncn3)cc2)cc(Cl)c1OC.